The third-order valence-electron chi connectivity index (χ3n) is 5.17. The van der Waals surface area contributed by atoms with Crippen molar-refractivity contribution in [2.45, 2.75) is 110 Å². The van der Waals surface area contributed by atoms with Crippen LogP contribution in [-0.2, 0) is 29.2 Å². The molecular weight excluding hydrogens is 478 g/mol. The van der Waals surface area contributed by atoms with Crippen LogP contribution < -0.4 is 59.1 Å². The van der Waals surface area contributed by atoms with Crippen LogP contribution in [0, 0.1) is 5.92 Å². The maximum absolute atomic E-state index is 10.6. The first-order valence-corrected chi connectivity index (χ1v) is 14.0. The Morgan fingerprint density at radius 2 is 0.969 bits per heavy atom. The summed E-state index contributed by atoms with van der Waals surface area (Å²) < 4.78 is 71.7. The van der Waals surface area contributed by atoms with Crippen LogP contribution in [0.15, 0.2) is 0 Å². The van der Waals surface area contributed by atoms with E-state index in [-0.39, 0.29) is 84.7 Å². The molecule has 182 valence electrons. The van der Waals surface area contributed by atoms with Gasteiger partial charge >= 0.3 is 59.1 Å². The third-order valence-corrected chi connectivity index (χ3v) is 6.05. The van der Waals surface area contributed by atoms with Crippen molar-refractivity contribution in [2.24, 2.45) is 5.92 Å². The van der Waals surface area contributed by atoms with Crippen molar-refractivity contribution in [3.63, 3.8) is 0 Å². The van der Waals surface area contributed by atoms with Crippen LogP contribution in [0.5, 0.6) is 0 Å². The molecule has 0 aromatic carbocycles. The van der Waals surface area contributed by atoms with E-state index in [9.17, 15) is 25.9 Å². The van der Waals surface area contributed by atoms with Gasteiger partial charge in [0, 0.05) is 0 Å². The van der Waals surface area contributed by atoms with E-state index in [4.69, 9.17) is 0 Å². The van der Waals surface area contributed by atoms with Crippen LogP contribution in [0.2, 0.25) is 0 Å². The molecule has 0 aromatic rings. The Morgan fingerprint density at radius 1 is 0.594 bits per heavy atom. The monoisotopic (exact) mass is 518 g/mol. The molecule has 0 aliphatic carbocycles. The summed E-state index contributed by atoms with van der Waals surface area (Å²) >= 11 is 0. The molecule has 0 heterocycles. The SMILES string of the molecule is CCCCCCCCCCCCCCCCC(CCOS(=O)(=O)[O-])COS(=O)(=O)[O-].[Na+].[Na+]. The zero-order valence-electron chi connectivity index (χ0n) is 20.4. The van der Waals surface area contributed by atoms with Gasteiger partial charge in [0.2, 0.25) is 20.8 Å². The maximum Gasteiger partial charge on any atom is 1.00 e. The standard InChI is InChI=1S/C20H42O8S2.2Na/c1-2-3-4-5-6-7-8-9-10-11-12-13-14-15-16-20(19-28-30(24,25)26)17-18-27-29(21,22)23;;/h20H,2-19H2,1H3,(H,21,22,23)(H,24,25,26);;/q;2*+1/p-2. The van der Waals surface area contributed by atoms with Crippen LogP contribution in [0.4, 0.5) is 0 Å². The van der Waals surface area contributed by atoms with Crippen LogP contribution in [0.1, 0.15) is 110 Å². The van der Waals surface area contributed by atoms with E-state index in [2.05, 4.69) is 15.3 Å². The summed E-state index contributed by atoms with van der Waals surface area (Å²) in [4.78, 5) is 0. The van der Waals surface area contributed by atoms with E-state index in [1.54, 1.807) is 0 Å². The molecule has 0 amide bonds. The summed E-state index contributed by atoms with van der Waals surface area (Å²) in [5.41, 5.74) is 0. The predicted molar refractivity (Wildman–Crippen MR) is 114 cm³/mol. The summed E-state index contributed by atoms with van der Waals surface area (Å²) in [5.74, 6) is -0.354. The summed E-state index contributed by atoms with van der Waals surface area (Å²) in [6.45, 7) is 1.55. The Labute approximate surface area is 240 Å². The van der Waals surface area contributed by atoms with Crippen molar-refractivity contribution in [3.8, 4) is 0 Å². The van der Waals surface area contributed by atoms with Gasteiger partial charge in [-0.2, -0.15) is 0 Å². The van der Waals surface area contributed by atoms with E-state index in [1.165, 1.54) is 64.2 Å². The Bertz CT molecular complexity index is 601. The van der Waals surface area contributed by atoms with Crippen molar-refractivity contribution in [1.29, 1.82) is 0 Å². The van der Waals surface area contributed by atoms with Gasteiger partial charge in [-0.1, -0.05) is 96.8 Å². The fourth-order valence-electron chi connectivity index (χ4n) is 3.43. The predicted octanol–water partition coefficient (Wildman–Crippen LogP) is -1.17. The Balaban J connectivity index is -0.00000420. The van der Waals surface area contributed by atoms with Gasteiger partial charge in [-0.05, 0) is 18.8 Å². The molecule has 1 unspecified atom stereocenters. The second kappa shape index (κ2) is 24.4. The zero-order valence-corrected chi connectivity index (χ0v) is 26.0. The van der Waals surface area contributed by atoms with Gasteiger partial charge in [-0.15, -0.1) is 0 Å². The van der Waals surface area contributed by atoms with Crippen LogP contribution in [-0.4, -0.2) is 39.2 Å². The molecule has 0 rings (SSSR count). The normalized spacial score (nSPS) is 12.7. The number of hydrogen-bond acceptors (Lipinski definition) is 8. The quantitative estimate of drug-likeness (QED) is 0.0758. The first-order valence-electron chi connectivity index (χ1n) is 11.3. The fraction of sp³-hybridized carbons (Fsp3) is 1.00. The summed E-state index contributed by atoms with van der Waals surface area (Å²) in [7, 11) is -9.59. The molecule has 1 atom stereocenters. The van der Waals surface area contributed by atoms with Gasteiger partial charge in [-0.3, -0.25) is 8.37 Å². The minimum absolute atomic E-state index is 0. The van der Waals surface area contributed by atoms with Gasteiger partial charge in [0.15, 0.2) is 0 Å². The topological polar surface area (TPSA) is 133 Å². The van der Waals surface area contributed by atoms with Crippen molar-refractivity contribution < 1.29 is 93.4 Å². The molecule has 0 fully saturated rings. The van der Waals surface area contributed by atoms with Gasteiger partial charge in [0.25, 0.3) is 0 Å². The van der Waals surface area contributed by atoms with Crippen molar-refractivity contribution in [2.75, 3.05) is 13.2 Å². The van der Waals surface area contributed by atoms with E-state index >= 15 is 0 Å². The first kappa shape index (κ1) is 38.3. The second-order valence-electron chi connectivity index (χ2n) is 7.96. The van der Waals surface area contributed by atoms with E-state index in [0.29, 0.717) is 6.42 Å². The molecular formula is C20H40Na2O8S2. The van der Waals surface area contributed by atoms with E-state index in [0.717, 1.165) is 25.7 Å². The Morgan fingerprint density at radius 3 is 1.34 bits per heavy atom. The molecule has 0 bridgehead atoms. The maximum atomic E-state index is 10.6. The molecule has 0 saturated carbocycles. The Hall–Kier alpha value is 1.74. The Kier molecular flexibility index (Phi) is 29.2. The molecule has 12 heteroatoms. The van der Waals surface area contributed by atoms with Crippen molar-refractivity contribution in [1.82, 2.24) is 0 Å². The zero-order chi connectivity index (χ0) is 22.7. The molecule has 0 radical (unpaired) electrons. The largest absolute Gasteiger partial charge is 1.00 e. The second-order valence-corrected chi connectivity index (χ2v) is 10.1. The number of unbranched alkanes of at least 4 members (excludes halogenated alkanes) is 13. The molecule has 0 spiro atoms. The summed E-state index contributed by atoms with van der Waals surface area (Å²) in [6.07, 6.45) is 17.9. The van der Waals surface area contributed by atoms with Crippen LogP contribution in [0.3, 0.4) is 0 Å². The summed E-state index contributed by atoms with van der Waals surface area (Å²) in [5, 5.41) is 0. The van der Waals surface area contributed by atoms with E-state index < -0.39 is 20.8 Å². The van der Waals surface area contributed by atoms with Gasteiger partial charge in [0.05, 0.1) is 13.2 Å². The molecule has 0 aliphatic rings. The van der Waals surface area contributed by atoms with E-state index in [1.807, 2.05) is 0 Å². The summed E-state index contributed by atoms with van der Waals surface area (Å²) in [6, 6.07) is 0. The number of rotatable bonds is 22. The van der Waals surface area contributed by atoms with Crippen molar-refractivity contribution >= 4 is 20.8 Å². The molecule has 32 heavy (non-hydrogen) atoms. The molecule has 0 saturated heterocycles. The number of hydrogen-bond donors (Lipinski definition) is 0. The fourth-order valence-corrected chi connectivity index (χ4v) is 4.09. The van der Waals surface area contributed by atoms with Gasteiger partial charge < -0.3 is 9.11 Å². The molecule has 8 nitrogen and oxygen atoms in total. The van der Waals surface area contributed by atoms with Gasteiger partial charge in [0.1, 0.15) is 0 Å². The first-order chi connectivity index (χ1) is 14.1. The minimum Gasteiger partial charge on any atom is -0.726 e. The average Bonchev–Trinajstić information content (AvgIpc) is 2.64. The smallest absolute Gasteiger partial charge is 0.726 e. The molecule has 0 aliphatic heterocycles. The van der Waals surface area contributed by atoms with Crippen LogP contribution >= 0.6 is 0 Å². The van der Waals surface area contributed by atoms with Crippen LogP contribution in [0.25, 0.3) is 0 Å². The molecule has 0 N–H and O–H groups in total. The minimum atomic E-state index is -4.80. The molecule has 0 aromatic heterocycles. The average molecular weight is 519 g/mol. The van der Waals surface area contributed by atoms with Gasteiger partial charge in [-0.25, -0.2) is 16.8 Å². The van der Waals surface area contributed by atoms with Crippen molar-refractivity contribution in [3.05, 3.63) is 0 Å². The third kappa shape index (κ3) is 31.7.